The largest absolute Gasteiger partial charge is 0.327 e. The summed E-state index contributed by atoms with van der Waals surface area (Å²) in [6, 6.07) is 6.49. The minimum Gasteiger partial charge on any atom is -0.327 e. The van der Waals surface area contributed by atoms with Gasteiger partial charge in [0.15, 0.2) is 0 Å². The Morgan fingerprint density at radius 2 is 1.65 bits per heavy atom. The highest BCUT2D eigenvalue weighted by Gasteiger charge is 2.44. The average molecular weight is 238 g/mol. The fourth-order valence-electron chi connectivity index (χ4n) is 2.17. The molecule has 3 saturated heterocycles. The minimum atomic E-state index is -0.858. The lowest BCUT2D eigenvalue weighted by Gasteiger charge is -2.45. The highest BCUT2D eigenvalue weighted by Crippen LogP contribution is 2.33. The quantitative estimate of drug-likeness (QED) is 0.807. The lowest BCUT2D eigenvalue weighted by molar-refractivity contribution is -0.449. The predicted octanol–water partition coefficient (Wildman–Crippen LogP) is 2.11. The summed E-state index contributed by atoms with van der Waals surface area (Å²) in [4.78, 5) is 0. The summed E-state index contributed by atoms with van der Waals surface area (Å²) in [5.41, 5.74) is 1.06. The number of aryl methyl sites for hydroxylation is 1. The van der Waals surface area contributed by atoms with Gasteiger partial charge in [0, 0.05) is 12.3 Å². The van der Waals surface area contributed by atoms with Gasteiger partial charge in [0.25, 0.3) is 5.97 Å². The highest BCUT2D eigenvalue weighted by molar-refractivity contribution is 5.16. The van der Waals surface area contributed by atoms with Crippen LogP contribution in [0.1, 0.15) is 12.0 Å². The molecule has 3 fully saturated rings. The van der Waals surface area contributed by atoms with Gasteiger partial charge in [-0.25, -0.2) is 4.39 Å². The van der Waals surface area contributed by atoms with Crippen LogP contribution in [0.15, 0.2) is 24.3 Å². The maximum absolute atomic E-state index is 12.8. The van der Waals surface area contributed by atoms with Gasteiger partial charge in [0.05, 0.1) is 19.8 Å². The van der Waals surface area contributed by atoms with Gasteiger partial charge in [0.2, 0.25) is 0 Å². The Kier molecular flexibility index (Phi) is 2.86. The second-order valence-corrected chi connectivity index (χ2v) is 4.61. The first kappa shape index (κ1) is 11.1. The normalized spacial score (nSPS) is 31.7. The molecule has 4 rings (SSSR count). The fourth-order valence-corrected chi connectivity index (χ4v) is 2.17. The molecule has 4 heteroatoms. The Morgan fingerprint density at radius 1 is 1.06 bits per heavy atom. The second-order valence-electron chi connectivity index (χ2n) is 4.61. The minimum absolute atomic E-state index is 0.214. The van der Waals surface area contributed by atoms with Crippen molar-refractivity contribution in [2.24, 2.45) is 5.92 Å². The zero-order valence-corrected chi connectivity index (χ0v) is 9.52. The number of ether oxygens (including phenoxy) is 3. The van der Waals surface area contributed by atoms with Gasteiger partial charge in [-0.1, -0.05) is 12.1 Å². The molecule has 3 nitrogen and oxygen atoms in total. The summed E-state index contributed by atoms with van der Waals surface area (Å²) in [7, 11) is 0. The van der Waals surface area contributed by atoms with Crippen molar-refractivity contribution in [1.82, 2.24) is 0 Å². The van der Waals surface area contributed by atoms with Crippen molar-refractivity contribution in [1.29, 1.82) is 0 Å². The summed E-state index contributed by atoms with van der Waals surface area (Å²) >= 11 is 0. The van der Waals surface area contributed by atoms with Crippen LogP contribution in [-0.2, 0) is 20.6 Å². The van der Waals surface area contributed by atoms with Crippen molar-refractivity contribution in [3.8, 4) is 0 Å². The number of fused-ring (bicyclic) bond motifs is 3. The van der Waals surface area contributed by atoms with E-state index in [-0.39, 0.29) is 5.82 Å². The molecule has 0 aromatic heterocycles. The van der Waals surface area contributed by atoms with Crippen molar-refractivity contribution in [2.45, 2.75) is 18.8 Å². The van der Waals surface area contributed by atoms with E-state index >= 15 is 0 Å². The highest BCUT2D eigenvalue weighted by atomic mass is 19.1. The molecule has 3 aliphatic rings. The van der Waals surface area contributed by atoms with E-state index in [9.17, 15) is 4.39 Å². The number of hydrogen-bond donors (Lipinski definition) is 0. The summed E-state index contributed by atoms with van der Waals surface area (Å²) in [5, 5.41) is 0. The van der Waals surface area contributed by atoms with Gasteiger partial charge in [-0.05, 0) is 24.1 Å². The van der Waals surface area contributed by atoms with Gasteiger partial charge in [-0.15, -0.1) is 0 Å². The van der Waals surface area contributed by atoms with E-state index in [0.29, 0.717) is 32.2 Å². The maximum atomic E-state index is 12.8. The number of hydrogen-bond acceptors (Lipinski definition) is 3. The van der Waals surface area contributed by atoms with Crippen molar-refractivity contribution < 1.29 is 18.6 Å². The SMILES string of the molecule is Fc1ccc(CCC23OCC(CO2)CO3)cc1. The second kappa shape index (κ2) is 4.37. The molecular weight excluding hydrogens is 223 g/mol. The molecule has 2 bridgehead atoms. The molecule has 0 saturated carbocycles. The molecule has 92 valence electrons. The third kappa shape index (κ3) is 2.34. The van der Waals surface area contributed by atoms with Crippen molar-refractivity contribution in [2.75, 3.05) is 19.8 Å². The van der Waals surface area contributed by atoms with Crippen LogP contribution in [0.25, 0.3) is 0 Å². The molecule has 0 aliphatic carbocycles. The summed E-state index contributed by atoms with van der Waals surface area (Å²) < 4.78 is 29.5. The molecule has 0 atom stereocenters. The molecule has 0 N–H and O–H groups in total. The van der Waals surface area contributed by atoms with Crippen molar-refractivity contribution >= 4 is 0 Å². The van der Waals surface area contributed by atoms with Gasteiger partial charge >= 0.3 is 0 Å². The molecule has 17 heavy (non-hydrogen) atoms. The molecule has 3 heterocycles. The van der Waals surface area contributed by atoms with Gasteiger partial charge < -0.3 is 14.2 Å². The summed E-state index contributed by atoms with van der Waals surface area (Å²) in [5.74, 6) is -0.695. The molecular formula is C13H15FO3. The Morgan fingerprint density at radius 3 is 2.24 bits per heavy atom. The molecule has 0 spiro atoms. The molecule has 1 aromatic carbocycles. The van der Waals surface area contributed by atoms with Crippen LogP contribution < -0.4 is 0 Å². The van der Waals surface area contributed by atoms with E-state index < -0.39 is 5.97 Å². The zero-order chi connectivity index (χ0) is 11.7. The number of halogens is 1. The van der Waals surface area contributed by atoms with E-state index in [1.807, 2.05) is 0 Å². The Hall–Kier alpha value is -0.970. The van der Waals surface area contributed by atoms with Crippen LogP contribution in [0.3, 0.4) is 0 Å². The first-order chi connectivity index (χ1) is 8.26. The van der Waals surface area contributed by atoms with Crippen LogP contribution in [0.2, 0.25) is 0 Å². The standard InChI is InChI=1S/C13H15FO3/c14-12-3-1-10(2-4-12)5-6-13-15-7-11(8-16-13)9-17-13/h1-4,11H,5-9H2. The molecule has 0 unspecified atom stereocenters. The van der Waals surface area contributed by atoms with Crippen molar-refractivity contribution in [3.05, 3.63) is 35.6 Å². The zero-order valence-electron chi connectivity index (χ0n) is 9.52. The molecule has 3 aliphatic heterocycles. The van der Waals surface area contributed by atoms with Gasteiger partial charge in [-0.2, -0.15) is 0 Å². The first-order valence-electron chi connectivity index (χ1n) is 5.92. The van der Waals surface area contributed by atoms with Crippen LogP contribution in [0.4, 0.5) is 4.39 Å². The topological polar surface area (TPSA) is 27.7 Å². The van der Waals surface area contributed by atoms with E-state index in [1.54, 1.807) is 12.1 Å². The molecule has 0 amide bonds. The third-order valence-electron chi connectivity index (χ3n) is 3.25. The van der Waals surface area contributed by atoms with Gasteiger partial charge in [0.1, 0.15) is 5.82 Å². The maximum Gasteiger partial charge on any atom is 0.283 e. The first-order valence-corrected chi connectivity index (χ1v) is 5.92. The summed E-state index contributed by atoms with van der Waals surface area (Å²) in [6.07, 6.45) is 1.40. The fraction of sp³-hybridized carbons (Fsp3) is 0.538. The number of benzene rings is 1. The monoisotopic (exact) mass is 238 g/mol. The van der Waals surface area contributed by atoms with Crippen molar-refractivity contribution in [3.63, 3.8) is 0 Å². The van der Waals surface area contributed by atoms with E-state index in [4.69, 9.17) is 14.2 Å². The summed E-state index contributed by atoms with van der Waals surface area (Å²) in [6.45, 7) is 2.14. The van der Waals surface area contributed by atoms with Crippen LogP contribution in [0.5, 0.6) is 0 Å². The third-order valence-corrected chi connectivity index (χ3v) is 3.25. The van der Waals surface area contributed by atoms with E-state index in [1.165, 1.54) is 12.1 Å². The van der Waals surface area contributed by atoms with E-state index in [0.717, 1.165) is 12.0 Å². The lowest BCUT2D eigenvalue weighted by Crippen LogP contribution is -2.54. The molecule has 0 radical (unpaired) electrons. The molecule has 1 aromatic rings. The van der Waals surface area contributed by atoms with E-state index in [2.05, 4.69) is 0 Å². The number of rotatable bonds is 3. The van der Waals surface area contributed by atoms with Gasteiger partial charge in [-0.3, -0.25) is 0 Å². The smallest absolute Gasteiger partial charge is 0.283 e. The Labute approximate surface area is 99.5 Å². The average Bonchev–Trinajstić information content (AvgIpc) is 2.40. The van der Waals surface area contributed by atoms with Crippen LogP contribution >= 0.6 is 0 Å². The Bertz CT molecular complexity index is 368. The van der Waals surface area contributed by atoms with Crippen LogP contribution in [0, 0.1) is 11.7 Å². The van der Waals surface area contributed by atoms with Crippen LogP contribution in [-0.4, -0.2) is 25.8 Å². The lowest BCUT2D eigenvalue weighted by atomic mass is 10.1. The Balaban J connectivity index is 1.61. The predicted molar refractivity (Wildman–Crippen MR) is 58.8 cm³/mol.